The van der Waals surface area contributed by atoms with Crippen molar-refractivity contribution in [2.45, 2.75) is 19.1 Å². The summed E-state index contributed by atoms with van der Waals surface area (Å²) in [5.41, 5.74) is 3.13. The Morgan fingerprint density at radius 3 is 2.23 bits per heavy atom. The summed E-state index contributed by atoms with van der Waals surface area (Å²) in [6, 6.07) is 23.5. The largest absolute Gasteiger partial charge is 0.493 e. The van der Waals surface area contributed by atoms with Crippen LogP contribution in [-0.2, 0) is 13.0 Å². The van der Waals surface area contributed by atoms with E-state index in [1.165, 1.54) is 0 Å². The maximum absolute atomic E-state index is 10.4. The van der Waals surface area contributed by atoms with Crippen LogP contribution in [0.1, 0.15) is 22.8 Å². The molecule has 1 unspecified atom stereocenters. The van der Waals surface area contributed by atoms with Crippen LogP contribution in [0.15, 0.2) is 72.8 Å². The summed E-state index contributed by atoms with van der Waals surface area (Å²) in [6.45, 7) is 1.77. The lowest BCUT2D eigenvalue weighted by atomic mass is 10.1. The van der Waals surface area contributed by atoms with Crippen molar-refractivity contribution in [1.82, 2.24) is 5.32 Å². The summed E-state index contributed by atoms with van der Waals surface area (Å²) < 4.78 is 16.4. The lowest BCUT2D eigenvalue weighted by molar-refractivity contribution is 0.175. The Balaban J connectivity index is 0.00000341. The first-order valence-electron chi connectivity index (χ1n) is 10.1. The van der Waals surface area contributed by atoms with Gasteiger partial charge in [-0.1, -0.05) is 48.5 Å². The number of hydrogen-bond acceptors (Lipinski definition) is 5. The fourth-order valence-corrected chi connectivity index (χ4v) is 3.15. The van der Waals surface area contributed by atoms with Gasteiger partial charge in [-0.15, -0.1) is 12.4 Å². The van der Waals surface area contributed by atoms with E-state index in [4.69, 9.17) is 14.2 Å². The van der Waals surface area contributed by atoms with Gasteiger partial charge in [0.05, 0.1) is 20.3 Å². The molecule has 5 nitrogen and oxygen atoms in total. The molecular weight excluding hydrogens is 414 g/mol. The summed E-state index contributed by atoms with van der Waals surface area (Å²) in [5.74, 6) is 2.24. The van der Waals surface area contributed by atoms with Gasteiger partial charge in [0.15, 0.2) is 11.5 Å². The zero-order valence-electron chi connectivity index (χ0n) is 17.9. The molecule has 0 aliphatic rings. The van der Waals surface area contributed by atoms with Crippen LogP contribution >= 0.6 is 12.4 Å². The van der Waals surface area contributed by atoms with Crippen LogP contribution in [0, 0.1) is 0 Å². The molecule has 0 heterocycles. The molecule has 0 saturated heterocycles. The van der Waals surface area contributed by atoms with E-state index in [0.717, 1.165) is 46.9 Å². The van der Waals surface area contributed by atoms with Crippen molar-refractivity contribution in [2.24, 2.45) is 0 Å². The summed E-state index contributed by atoms with van der Waals surface area (Å²) >= 11 is 0. The Hall–Kier alpha value is -2.73. The van der Waals surface area contributed by atoms with Crippen molar-refractivity contribution in [2.75, 3.05) is 27.3 Å². The van der Waals surface area contributed by atoms with Gasteiger partial charge in [-0.25, -0.2) is 0 Å². The summed E-state index contributed by atoms with van der Waals surface area (Å²) in [5, 5.41) is 13.7. The molecule has 166 valence electrons. The number of rotatable bonds is 11. The molecule has 3 aromatic rings. The first-order chi connectivity index (χ1) is 14.7. The predicted molar refractivity (Wildman–Crippen MR) is 126 cm³/mol. The zero-order chi connectivity index (χ0) is 21.2. The molecule has 0 bridgehead atoms. The van der Waals surface area contributed by atoms with Crippen LogP contribution in [0.5, 0.6) is 17.2 Å². The van der Waals surface area contributed by atoms with Gasteiger partial charge < -0.3 is 24.6 Å². The van der Waals surface area contributed by atoms with Crippen LogP contribution < -0.4 is 19.5 Å². The minimum Gasteiger partial charge on any atom is -0.493 e. The van der Waals surface area contributed by atoms with E-state index < -0.39 is 6.10 Å². The minimum absolute atomic E-state index is 0. The highest BCUT2D eigenvalue weighted by atomic mass is 35.5. The molecule has 3 rings (SSSR count). The topological polar surface area (TPSA) is 60.0 Å². The monoisotopic (exact) mass is 443 g/mol. The molecule has 1 atom stereocenters. The molecule has 6 heteroatoms. The van der Waals surface area contributed by atoms with E-state index in [0.29, 0.717) is 13.2 Å². The molecule has 0 amide bonds. The molecule has 3 aromatic carbocycles. The molecule has 0 saturated carbocycles. The number of ether oxygens (including phenoxy) is 3. The number of nitrogens with one attached hydrogen (secondary N) is 1. The highest BCUT2D eigenvalue weighted by Crippen LogP contribution is 2.27. The van der Waals surface area contributed by atoms with E-state index >= 15 is 0 Å². The van der Waals surface area contributed by atoms with E-state index in [-0.39, 0.29) is 12.4 Å². The lowest BCUT2D eigenvalue weighted by Gasteiger charge is -2.14. The average molecular weight is 444 g/mol. The van der Waals surface area contributed by atoms with Gasteiger partial charge in [0.2, 0.25) is 0 Å². The van der Waals surface area contributed by atoms with Crippen LogP contribution in [0.2, 0.25) is 0 Å². The molecule has 2 N–H and O–H groups in total. The number of hydrogen-bond donors (Lipinski definition) is 2. The highest BCUT2D eigenvalue weighted by Gasteiger charge is 2.08. The molecule has 0 radical (unpaired) electrons. The Labute approximate surface area is 190 Å². The fourth-order valence-electron chi connectivity index (χ4n) is 3.15. The van der Waals surface area contributed by atoms with Crippen LogP contribution in [-0.4, -0.2) is 32.4 Å². The summed E-state index contributed by atoms with van der Waals surface area (Å²) in [6.07, 6.45) is 0.262. The standard InChI is InChI=1S/C25H29NO4.ClH/c1-28-24-13-8-19(16-25(24)29-2)14-15-26-17-23(27)21-9-11-22(12-10-21)30-18-20-6-4-3-5-7-20;/h3-13,16,23,26-27H,14-15,17-18H2,1-2H3;1H. The van der Waals surface area contributed by atoms with Gasteiger partial charge in [-0.05, 0) is 53.9 Å². The number of aliphatic hydroxyl groups is 1. The van der Waals surface area contributed by atoms with Crippen molar-refractivity contribution in [3.63, 3.8) is 0 Å². The normalized spacial score (nSPS) is 11.3. The van der Waals surface area contributed by atoms with Gasteiger partial charge in [-0.2, -0.15) is 0 Å². The highest BCUT2D eigenvalue weighted by molar-refractivity contribution is 5.85. The predicted octanol–water partition coefficient (Wildman–Crippen LogP) is 4.57. The Bertz CT molecular complexity index is 903. The second-order valence-corrected chi connectivity index (χ2v) is 7.00. The first-order valence-corrected chi connectivity index (χ1v) is 10.1. The van der Waals surface area contributed by atoms with Crippen molar-refractivity contribution < 1.29 is 19.3 Å². The number of aliphatic hydroxyl groups excluding tert-OH is 1. The molecule has 0 aliphatic heterocycles. The third-order valence-electron chi connectivity index (χ3n) is 4.89. The first kappa shape index (κ1) is 24.5. The van der Waals surface area contributed by atoms with Crippen molar-refractivity contribution in [3.05, 3.63) is 89.5 Å². The fraction of sp³-hybridized carbons (Fsp3) is 0.280. The summed E-state index contributed by atoms with van der Waals surface area (Å²) in [7, 11) is 3.26. The quantitative estimate of drug-likeness (QED) is 0.425. The molecule has 0 fully saturated rings. The van der Waals surface area contributed by atoms with E-state index in [2.05, 4.69) is 5.32 Å². The summed E-state index contributed by atoms with van der Waals surface area (Å²) in [4.78, 5) is 0. The van der Waals surface area contributed by atoms with Gasteiger partial charge >= 0.3 is 0 Å². The van der Waals surface area contributed by atoms with Crippen molar-refractivity contribution >= 4 is 12.4 Å². The van der Waals surface area contributed by atoms with Crippen molar-refractivity contribution in [3.8, 4) is 17.2 Å². The number of halogens is 1. The van der Waals surface area contributed by atoms with Crippen LogP contribution in [0.25, 0.3) is 0 Å². The number of benzene rings is 3. The second kappa shape index (κ2) is 12.8. The minimum atomic E-state index is -0.571. The van der Waals surface area contributed by atoms with Gasteiger partial charge in [-0.3, -0.25) is 0 Å². The average Bonchev–Trinajstić information content (AvgIpc) is 2.81. The second-order valence-electron chi connectivity index (χ2n) is 7.00. The third kappa shape index (κ3) is 7.47. The van der Waals surface area contributed by atoms with E-state index in [1.807, 2.05) is 72.8 Å². The SMILES string of the molecule is COc1ccc(CCNCC(O)c2ccc(OCc3ccccc3)cc2)cc1OC.Cl. The maximum atomic E-state index is 10.4. The molecular formula is C25H30ClNO4. The Morgan fingerprint density at radius 1 is 0.839 bits per heavy atom. The van der Waals surface area contributed by atoms with Crippen LogP contribution in [0.3, 0.4) is 0 Å². The van der Waals surface area contributed by atoms with Crippen molar-refractivity contribution in [1.29, 1.82) is 0 Å². The number of methoxy groups -OCH3 is 2. The van der Waals surface area contributed by atoms with Gasteiger partial charge in [0.1, 0.15) is 12.4 Å². The van der Waals surface area contributed by atoms with Gasteiger partial charge in [0, 0.05) is 6.54 Å². The lowest BCUT2D eigenvalue weighted by Crippen LogP contribution is -2.23. The molecule has 0 aliphatic carbocycles. The Morgan fingerprint density at radius 2 is 1.55 bits per heavy atom. The van der Waals surface area contributed by atoms with E-state index in [1.54, 1.807) is 14.2 Å². The molecule has 0 spiro atoms. The Kier molecular flexibility index (Phi) is 10.2. The zero-order valence-corrected chi connectivity index (χ0v) is 18.7. The molecule has 31 heavy (non-hydrogen) atoms. The maximum Gasteiger partial charge on any atom is 0.160 e. The van der Waals surface area contributed by atoms with Crippen LogP contribution in [0.4, 0.5) is 0 Å². The van der Waals surface area contributed by atoms with E-state index in [9.17, 15) is 5.11 Å². The molecule has 0 aromatic heterocycles. The van der Waals surface area contributed by atoms with Gasteiger partial charge in [0.25, 0.3) is 0 Å². The third-order valence-corrected chi connectivity index (χ3v) is 4.89. The smallest absolute Gasteiger partial charge is 0.160 e.